The van der Waals surface area contributed by atoms with Crippen LogP contribution < -0.4 is 24.0 Å². The molecule has 1 saturated heterocycles. The number of hydrogen-bond acceptors (Lipinski definition) is 7. The van der Waals surface area contributed by atoms with Gasteiger partial charge in [0.05, 0.1) is 18.2 Å². The fraction of sp³-hybridized carbons (Fsp3) is 0.214. The van der Waals surface area contributed by atoms with Gasteiger partial charge in [0.15, 0.2) is 11.5 Å². The number of amides is 1. The van der Waals surface area contributed by atoms with Gasteiger partial charge in [0.25, 0.3) is 11.7 Å². The van der Waals surface area contributed by atoms with Crippen LogP contribution in [0.1, 0.15) is 24.1 Å². The molecule has 1 fully saturated rings. The van der Waals surface area contributed by atoms with Crippen molar-refractivity contribution in [2.75, 3.05) is 37.3 Å². The number of aliphatic hydroxyl groups is 1. The number of benzene rings is 3. The number of fused-ring (bicyclic) bond motifs is 1. The summed E-state index contributed by atoms with van der Waals surface area (Å²) in [5.74, 6) is -0.0713. The quantitative estimate of drug-likeness (QED) is 0.312. The molecule has 0 aliphatic carbocycles. The minimum Gasteiger partial charge on any atom is -0.507 e. The Bertz CT molecular complexity index is 1350. The number of rotatable bonds is 6. The predicted octanol–water partition coefficient (Wildman–Crippen LogP) is 4.51. The molecule has 0 aromatic heterocycles. The minimum atomic E-state index is -0.837. The van der Waals surface area contributed by atoms with Gasteiger partial charge in [-0.2, -0.15) is 0 Å². The average Bonchev–Trinajstić information content (AvgIpc) is 3.46. The van der Waals surface area contributed by atoms with Crippen LogP contribution in [0.5, 0.6) is 17.2 Å². The topological polar surface area (TPSA) is 88.5 Å². The van der Waals surface area contributed by atoms with Gasteiger partial charge in [-0.3, -0.25) is 14.5 Å². The monoisotopic (exact) mass is 486 g/mol. The molecule has 0 spiro atoms. The summed E-state index contributed by atoms with van der Waals surface area (Å²) in [6.07, 6.45) is 0. The molecule has 0 bridgehead atoms. The molecule has 3 aromatic carbocycles. The first-order chi connectivity index (χ1) is 17.4. The maximum atomic E-state index is 13.4. The lowest BCUT2D eigenvalue weighted by Gasteiger charge is -2.26. The summed E-state index contributed by atoms with van der Waals surface area (Å²) in [6.45, 7) is 2.49. The van der Waals surface area contributed by atoms with E-state index in [9.17, 15) is 14.7 Å². The fourth-order valence-electron chi connectivity index (χ4n) is 4.44. The molecular weight excluding hydrogens is 460 g/mol. The predicted molar refractivity (Wildman–Crippen MR) is 136 cm³/mol. The van der Waals surface area contributed by atoms with Crippen LogP contribution in [0.15, 0.2) is 72.3 Å². The van der Waals surface area contributed by atoms with Gasteiger partial charge in [0.1, 0.15) is 11.5 Å². The number of carbonyl (C=O) groups is 2. The SMILES string of the molecule is CCOc1ccc(C2/C(=C(/O)c3ccc4c(c3)OCO4)C(=O)C(=O)N2c2ccc(N(C)C)cc2)cc1. The van der Waals surface area contributed by atoms with Gasteiger partial charge in [-0.25, -0.2) is 0 Å². The second-order valence-electron chi connectivity index (χ2n) is 8.65. The third kappa shape index (κ3) is 4.00. The van der Waals surface area contributed by atoms with Gasteiger partial charge in [-0.15, -0.1) is 0 Å². The lowest BCUT2D eigenvalue weighted by atomic mass is 9.95. The summed E-state index contributed by atoms with van der Waals surface area (Å²) in [4.78, 5) is 30.1. The first-order valence-corrected chi connectivity index (χ1v) is 11.6. The van der Waals surface area contributed by atoms with E-state index in [-0.39, 0.29) is 18.1 Å². The second kappa shape index (κ2) is 9.30. The van der Waals surface area contributed by atoms with Gasteiger partial charge in [0.2, 0.25) is 6.79 Å². The van der Waals surface area contributed by atoms with E-state index in [4.69, 9.17) is 14.2 Å². The summed E-state index contributed by atoms with van der Waals surface area (Å²) < 4.78 is 16.3. The molecule has 1 unspecified atom stereocenters. The Balaban J connectivity index is 1.65. The Hall–Kier alpha value is -4.46. The highest BCUT2D eigenvalue weighted by molar-refractivity contribution is 6.51. The minimum absolute atomic E-state index is 0.000267. The van der Waals surface area contributed by atoms with Crippen molar-refractivity contribution in [3.63, 3.8) is 0 Å². The molecule has 8 heteroatoms. The lowest BCUT2D eigenvalue weighted by Crippen LogP contribution is -2.29. The number of aliphatic hydroxyl groups excluding tert-OH is 1. The fourth-order valence-corrected chi connectivity index (χ4v) is 4.44. The highest BCUT2D eigenvalue weighted by Gasteiger charge is 2.47. The van der Waals surface area contributed by atoms with E-state index >= 15 is 0 Å². The van der Waals surface area contributed by atoms with Crippen molar-refractivity contribution in [3.8, 4) is 17.2 Å². The Morgan fingerprint density at radius 2 is 1.69 bits per heavy atom. The maximum absolute atomic E-state index is 13.4. The first-order valence-electron chi connectivity index (χ1n) is 11.6. The summed E-state index contributed by atoms with van der Waals surface area (Å²) in [5.41, 5.74) is 2.52. The number of ether oxygens (including phenoxy) is 3. The third-order valence-corrected chi connectivity index (χ3v) is 6.24. The largest absolute Gasteiger partial charge is 0.507 e. The average molecular weight is 487 g/mol. The molecular formula is C28H26N2O6. The zero-order valence-electron chi connectivity index (χ0n) is 20.2. The molecule has 1 atom stereocenters. The molecule has 1 N–H and O–H groups in total. The molecule has 2 aliphatic heterocycles. The molecule has 184 valence electrons. The third-order valence-electron chi connectivity index (χ3n) is 6.24. The van der Waals surface area contributed by atoms with Crippen molar-refractivity contribution in [1.29, 1.82) is 0 Å². The number of hydrogen-bond donors (Lipinski definition) is 1. The lowest BCUT2D eigenvalue weighted by molar-refractivity contribution is -0.132. The van der Waals surface area contributed by atoms with Gasteiger partial charge < -0.3 is 24.2 Å². The Kier molecular flexibility index (Phi) is 6.01. The summed E-state index contributed by atoms with van der Waals surface area (Å²) in [5, 5.41) is 11.3. The second-order valence-corrected chi connectivity index (χ2v) is 8.65. The van der Waals surface area contributed by atoms with E-state index in [0.29, 0.717) is 40.7 Å². The number of nitrogens with zero attached hydrogens (tertiary/aromatic N) is 2. The molecule has 2 heterocycles. The van der Waals surface area contributed by atoms with Gasteiger partial charge in [-0.05, 0) is 67.1 Å². The van der Waals surface area contributed by atoms with Crippen LogP contribution in [0, 0.1) is 0 Å². The maximum Gasteiger partial charge on any atom is 0.300 e. The van der Waals surface area contributed by atoms with E-state index in [1.807, 2.05) is 38.1 Å². The molecule has 0 saturated carbocycles. The van der Waals surface area contributed by atoms with E-state index in [1.165, 1.54) is 4.90 Å². The summed E-state index contributed by atoms with van der Waals surface area (Å²) in [6, 6.07) is 18.6. The zero-order valence-corrected chi connectivity index (χ0v) is 20.2. The van der Waals surface area contributed by atoms with E-state index in [2.05, 4.69) is 0 Å². The number of carbonyl (C=O) groups excluding carboxylic acids is 2. The van der Waals surface area contributed by atoms with E-state index in [0.717, 1.165) is 5.69 Å². The van der Waals surface area contributed by atoms with E-state index < -0.39 is 17.7 Å². The van der Waals surface area contributed by atoms with Crippen LogP contribution in [0.2, 0.25) is 0 Å². The Morgan fingerprint density at radius 1 is 1.00 bits per heavy atom. The first kappa shape index (κ1) is 23.3. The number of anilines is 2. The summed E-state index contributed by atoms with van der Waals surface area (Å²) >= 11 is 0. The molecule has 36 heavy (non-hydrogen) atoms. The van der Waals surface area contributed by atoms with Crippen LogP contribution in [0.25, 0.3) is 5.76 Å². The molecule has 0 radical (unpaired) electrons. The van der Waals surface area contributed by atoms with Crippen LogP contribution in [0.4, 0.5) is 11.4 Å². The number of Topliss-reactive ketones (excluding diaryl/α,β-unsaturated/α-hetero) is 1. The van der Waals surface area contributed by atoms with Crippen LogP contribution in [-0.2, 0) is 9.59 Å². The Morgan fingerprint density at radius 3 is 2.36 bits per heavy atom. The van der Waals surface area contributed by atoms with Crippen LogP contribution in [-0.4, -0.2) is 44.3 Å². The smallest absolute Gasteiger partial charge is 0.300 e. The highest BCUT2D eigenvalue weighted by atomic mass is 16.7. The molecule has 8 nitrogen and oxygen atoms in total. The molecule has 1 amide bonds. The standard InChI is InChI=1S/C28H26N2O6/c1-4-34-21-12-5-17(6-13-21)25-24(26(31)18-7-14-22-23(15-18)36-16-35-22)27(32)28(33)30(25)20-10-8-19(9-11-20)29(2)3/h5-15,25,31H,4,16H2,1-3H3/b26-24-. The molecule has 5 rings (SSSR count). The van der Waals surface area contributed by atoms with Crippen molar-refractivity contribution in [2.24, 2.45) is 0 Å². The Labute approximate surface area is 208 Å². The van der Waals surface area contributed by atoms with Crippen molar-refractivity contribution < 1.29 is 28.9 Å². The molecule has 2 aliphatic rings. The van der Waals surface area contributed by atoms with E-state index in [1.54, 1.807) is 54.6 Å². The van der Waals surface area contributed by atoms with Gasteiger partial charge >= 0.3 is 0 Å². The zero-order chi connectivity index (χ0) is 25.4. The molecule has 3 aromatic rings. The van der Waals surface area contributed by atoms with Crippen molar-refractivity contribution in [3.05, 3.63) is 83.4 Å². The number of ketones is 1. The van der Waals surface area contributed by atoms with Crippen molar-refractivity contribution >= 4 is 28.8 Å². The van der Waals surface area contributed by atoms with Gasteiger partial charge in [-0.1, -0.05) is 12.1 Å². The van der Waals surface area contributed by atoms with Crippen LogP contribution in [0.3, 0.4) is 0 Å². The van der Waals surface area contributed by atoms with Crippen molar-refractivity contribution in [1.82, 2.24) is 0 Å². The van der Waals surface area contributed by atoms with Crippen LogP contribution >= 0.6 is 0 Å². The highest BCUT2D eigenvalue weighted by Crippen LogP contribution is 2.44. The van der Waals surface area contributed by atoms with Crippen molar-refractivity contribution in [2.45, 2.75) is 13.0 Å². The summed E-state index contributed by atoms with van der Waals surface area (Å²) in [7, 11) is 3.85. The van der Waals surface area contributed by atoms with Gasteiger partial charge in [0, 0.05) is 31.0 Å². The normalized spacial score (nSPS) is 18.0.